The highest BCUT2D eigenvalue weighted by Crippen LogP contribution is 1.75. The molecular formula is C2H5N5O2S. The molecule has 1 aromatic heterocycles. The Labute approximate surface area is 57.0 Å². The molecule has 0 aliphatic carbocycles. The molecule has 0 radical (unpaired) electrons. The lowest BCUT2D eigenvalue weighted by molar-refractivity contribution is 0.591. The second kappa shape index (κ2) is 2.23. The average Bonchev–Trinajstić information content (AvgIpc) is 2.12. The lowest BCUT2D eigenvalue weighted by atomic mass is 11.0. The third kappa shape index (κ3) is 1.99. The summed E-state index contributed by atoms with van der Waals surface area (Å²) in [6.07, 6.45) is 2.63. The summed E-state index contributed by atoms with van der Waals surface area (Å²) in [5.41, 5.74) is 0. The Kier molecular flexibility index (Phi) is 1.55. The first-order valence-electron chi connectivity index (χ1n) is 2.25. The lowest BCUT2D eigenvalue weighted by Crippen LogP contribution is -2.29. The molecule has 7 nitrogen and oxygen atoms in total. The minimum absolute atomic E-state index is 0.884. The quantitative estimate of drug-likeness (QED) is 0.527. The van der Waals surface area contributed by atoms with E-state index in [0.717, 1.165) is 4.79 Å². The number of nitrogens with zero attached hydrogens (tertiary/aromatic N) is 3. The summed E-state index contributed by atoms with van der Waals surface area (Å²) in [6.45, 7) is 0. The minimum Gasteiger partial charge on any atom is -0.210 e. The Hall–Kier alpha value is -1.15. The van der Waals surface area contributed by atoms with Gasteiger partial charge in [0.15, 0.2) is 0 Å². The Morgan fingerprint density at radius 1 is 1.60 bits per heavy atom. The average molecular weight is 163 g/mol. The highest BCUT2D eigenvalue weighted by molar-refractivity contribution is 7.90. The summed E-state index contributed by atoms with van der Waals surface area (Å²) in [5, 5.41) is 11.2. The van der Waals surface area contributed by atoms with Crippen LogP contribution in [0.3, 0.4) is 0 Å². The minimum atomic E-state index is -3.74. The van der Waals surface area contributed by atoms with E-state index < -0.39 is 10.2 Å². The number of nitrogens with one attached hydrogen (secondary N) is 1. The van der Waals surface area contributed by atoms with Crippen molar-refractivity contribution in [1.82, 2.24) is 15.1 Å². The van der Waals surface area contributed by atoms with Gasteiger partial charge in [0.05, 0.1) is 12.4 Å². The number of hydrogen-bond acceptors (Lipinski definition) is 4. The van der Waals surface area contributed by atoms with Crippen LogP contribution < -0.4 is 9.97 Å². The fourth-order valence-electron chi connectivity index (χ4n) is 0.387. The molecule has 0 bridgehead atoms. The first-order valence-corrected chi connectivity index (χ1v) is 3.79. The molecule has 0 amide bonds. The molecular weight excluding hydrogens is 158 g/mol. The van der Waals surface area contributed by atoms with Crippen LogP contribution in [0.1, 0.15) is 0 Å². The topological polar surface area (TPSA) is 103 Å². The van der Waals surface area contributed by atoms with Gasteiger partial charge in [-0.05, 0) is 5.21 Å². The molecule has 56 valence electrons. The van der Waals surface area contributed by atoms with E-state index in [9.17, 15) is 8.42 Å². The lowest BCUT2D eigenvalue weighted by Gasteiger charge is -1.98. The van der Waals surface area contributed by atoms with Gasteiger partial charge >= 0.3 is 10.2 Å². The van der Waals surface area contributed by atoms with Crippen LogP contribution >= 0.6 is 0 Å². The second-order valence-corrected chi connectivity index (χ2v) is 2.76. The number of hydrogen-bond donors (Lipinski definition) is 2. The van der Waals surface area contributed by atoms with Crippen molar-refractivity contribution in [2.24, 2.45) is 5.14 Å². The van der Waals surface area contributed by atoms with Gasteiger partial charge in [-0.1, -0.05) is 0 Å². The summed E-state index contributed by atoms with van der Waals surface area (Å²) in [6, 6.07) is 0. The van der Waals surface area contributed by atoms with Crippen LogP contribution in [0.25, 0.3) is 0 Å². The van der Waals surface area contributed by atoms with Crippen molar-refractivity contribution in [3.63, 3.8) is 0 Å². The van der Waals surface area contributed by atoms with Crippen LogP contribution in [-0.4, -0.2) is 23.5 Å². The van der Waals surface area contributed by atoms with Crippen molar-refractivity contribution in [3.8, 4) is 0 Å². The Morgan fingerprint density at radius 2 is 2.30 bits per heavy atom. The van der Waals surface area contributed by atoms with E-state index in [-0.39, 0.29) is 0 Å². The van der Waals surface area contributed by atoms with Gasteiger partial charge in [0.25, 0.3) is 0 Å². The summed E-state index contributed by atoms with van der Waals surface area (Å²) in [5.74, 6) is 0. The SMILES string of the molecule is NS(=O)(=O)Nn1ccnn1. The van der Waals surface area contributed by atoms with Crippen molar-refractivity contribution >= 4 is 10.2 Å². The first-order chi connectivity index (χ1) is 4.58. The van der Waals surface area contributed by atoms with Crippen LogP contribution in [0.2, 0.25) is 0 Å². The molecule has 0 fully saturated rings. The normalized spacial score (nSPS) is 11.3. The van der Waals surface area contributed by atoms with E-state index >= 15 is 0 Å². The van der Waals surface area contributed by atoms with Gasteiger partial charge in [0.1, 0.15) is 0 Å². The zero-order valence-corrected chi connectivity index (χ0v) is 5.61. The molecule has 1 rings (SSSR count). The molecule has 0 saturated carbocycles. The maximum Gasteiger partial charge on any atom is 0.311 e. The van der Waals surface area contributed by atoms with Crippen LogP contribution in [-0.2, 0) is 10.2 Å². The molecule has 0 aliphatic rings. The highest BCUT2D eigenvalue weighted by atomic mass is 32.2. The fraction of sp³-hybridized carbons (Fsp3) is 0. The van der Waals surface area contributed by atoms with E-state index in [1.165, 1.54) is 12.4 Å². The van der Waals surface area contributed by atoms with Gasteiger partial charge in [0, 0.05) is 0 Å². The molecule has 8 heteroatoms. The van der Waals surface area contributed by atoms with E-state index in [2.05, 4.69) is 15.5 Å². The summed E-state index contributed by atoms with van der Waals surface area (Å²) in [7, 11) is -3.74. The zero-order chi connectivity index (χ0) is 7.61. The third-order valence-corrected chi connectivity index (χ3v) is 1.08. The predicted octanol–water partition coefficient (Wildman–Crippen LogP) is -1.97. The molecule has 1 heterocycles. The molecule has 0 atom stereocenters. The van der Waals surface area contributed by atoms with Crippen molar-refractivity contribution in [1.29, 1.82) is 0 Å². The third-order valence-electron chi connectivity index (χ3n) is 0.643. The zero-order valence-electron chi connectivity index (χ0n) is 4.80. The molecule has 0 aliphatic heterocycles. The molecule has 10 heavy (non-hydrogen) atoms. The second-order valence-electron chi connectivity index (χ2n) is 1.48. The largest absolute Gasteiger partial charge is 0.311 e. The predicted molar refractivity (Wildman–Crippen MR) is 32.5 cm³/mol. The van der Waals surface area contributed by atoms with Gasteiger partial charge in [-0.15, -0.1) is 5.10 Å². The number of rotatable bonds is 2. The van der Waals surface area contributed by atoms with Crippen molar-refractivity contribution in [3.05, 3.63) is 12.4 Å². The van der Waals surface area contributed by atoms with Gasteiger partial charge in [-0.3, -0.25) is 0 Å². The van der Waals surface area contributed by atoms with Gasteiger partial charge < -0.3 is 0 Å². The highest BCUT2D eigenvalue weighted by Gasteiger charge is 1.99. The number of nitrogens with two attached hydrogens (primary N) is 1. The van der Waals surface area contributed by atoms with Crippen molar-refractivity contribution < 1.29 is 8.42 Å². The summed E-state index contributed by atoms with van der Waals surface area (Å²) >= 11 is 0. The summed E-state index contributed by atoms with van der Waals surface area (Å²) < 4.78 is 20.6. The molecule has 0 aromatic carbocycles. The molecule has 3 N–H and O–H groups in total. The van der Waals surface area contributed by atoms with Gasteiger partial charge in [0.2, 0.25) is 0 Å². The molecule has 0 saturated heterocycles. The molecule has 0 spiro atoms. The van der Waals surface area contributed by atoms with Crippen LogP contribution in [0.5, 0.6) is 0 Å². The van der Waals surface area contributed by atoms with Crippen LogP contribution in [0.15, 0.2) is 12.4 Å². The summed E-state index contributed by atoms with van der Waals surface area (Å²) in [4.78, 5) is 2.74. The van der Waals surface area contributed by atoms with Gasteiger partial charge in [-0.25, -0.2) is 5.14 Å². The monoisotopic (exact) mass is 163 g/mol. The number of aromatic nitrogens is 3. The van der Waals surface area contributed by atoms with Crippen molar-refractivity contribution in [2.45, 2.75) is 0 Å². The standard InChI is InChI=1S/C2H5N5O2S/c3-10(8,9)6-7-2-1-4-5-7/h1-2,6H,(H2,3,8,9). The Morgan fingerprint density at radius 3 is 2.70 bits per heavy atom. The van der Waals surface area contributed by atoms with Crippen molar-refractivity contribution in [2.75, 3.05) is 4.83 Å². The Bertz CT molecular complexity index is 287. The van der Waals surface area contributed by atoms with Gasteiger partial charge in [-0.2, -0.15) is 18.0 Å². The smallest absolute Gasteiger partial charge is 0.210 e. The Balaban J connectivity index is 2.75. The van der Waals surface area contributed by atoms with E-state index in [1.54, 1.807) is 0 Å². The fourth-order valence-corrected chi connectivity index (χ4v) is 0.745. The van der Waals surface area contributed by atoms with Crippen LogP contribution in [0, 0.1) is 0 Å². The molecule has 1 aromatic rings. The van der Waals surface area contributed by atoms with E-state index in [4.69, 9.17) is 0 Å². The van der Waals surface area contributed by atoms with E-state index in [1.807, 2.05) is 4.83 Å². The molecule has 0 unspecified atom stereocenters. The maximum atomic E-state index is 10.3. The first kappa shape index (κ1) is 6.96. The van der Waals surface area contributed by atoms with Crippen LogP contribution in [0.4, 0.5) is 0 Å². The van der Waals surface area contributed by atoms with E-state index in [0.29, 0.717) is 0 Å². The maximum absolute atomic E-state index is 10.3.